The Morgan fingerprint density at radius 2 is 2.15 bits per heavy atom. The largest absolute Gasteiger partial charge is 0.380 e. The molecule has 3 N–H and O–H groups in total. The van der Waals surface area contributed by atoms with Gasteiger partial charge in [-0.1, -0.05) is 13.0 Å². The van der Waals surface area contributed by atoms with Gasteiger partial charge in [0, 0.05) is 16.8 Å². The highest BCUT2D eigenvalue weighted by atomic mass is 32.2. The van der Waals surface area contributed by atoms with E-state index in [9.17, 15) is 8.42 Å². The van der Waals surface area contributed by atoms with Crippen LogP contribution >= 0.6 is 11.3 Å². The molecule has 0 atom stereocenters. The smallest absolute Gasteiger partial charge is 0.238 e. The van der Waals surface area contributed by atoms with Crippen molar-refractivity contribution < 1.29 is 8.42 Å². The third-order valence-corrected chi connectivity index (χ3v) is 5.06. The standard InChI is InChI=1S/C13H17N3O2S2/c1-3-13-16-8-11(19-13)7-15-10-5-4-9(2)12(6-10)20(14,17)18/h4-6,8,15H,3,7H2,1-2H3,(H2,14,17,18). The molecule has 0 unspecified atom stereocenters. The van der Waals surface area contributed by atoms with Crippen LogP contribution in [0.4, 0.5) is 5.69 Å². The van der Waals surface area contributed by atoms with E-state index in [1.807, 2.05) is 12.3 Å². The number of nitrogens with one attached hydrogen (secondary N) is 1. The Morgan fingerprint density at radius 3 is 2.75 bits per heavy atom. The molecule has 0 bridgehead atoms. The van der Waals surface area contributed by atoms with Crippen molar-refractivity contribution in [2.24, 2.45) is 5.14 Å². The third kappa shape index (κ3) is 3.56. The molecule has 0 aliphatic carbocycles. The van der Waals surface area contributed by atoms with E-state index in [0.717, 1.165) is 22.0 Å². The van der Waals surface area contributed by atoms with Crippen LogP contribution in [0.2, 0.25) is 0 Å². The van der Waals surface area contributed by atoms with Gasteiger partial charge in [-0.3, -0.25) is 0 Å². The summed E-state index contributed by atoms with van der Waals surface area (Å²) in [6.07, 6.45) is 2.76. The SMILES string of the molecule is CCc1ncc(CNc2ccc(C)c(S(N)(=O)=O)c2)s1. The van der Waals surface area contributed by atoms with Crippen LogP contribution in [0.3, 0.4) is 0 Å². The summed E-state index contributed by atoms with van der Waals surface area (Å²) < 4.78 is 22.9. The van der Waals surface area contributed by atoms with Crippen LogP contribution in [-0.4, -0.2) is 13.4 Å². The summed E-state index contributed by atoms with van der Waals surface area (Å²) in [7, 11) is -3.69. The number of hydrogen-bond acceptors (Lipinski definition) is 5. The molecule has 108 valence electrons. The maximum absolute atomic E-state index is 11.5. The van der Waals surface area contributed by atoms with Crippen molar-refractivity contribution in [3.63, 3.8) is 0 Å². The number of nitrogens with zero attached hydrogens (tertiary/aromatic N) is 1. The maximum Gasteiger partial charge on any atom is 0.238 e. The fourth-order valence-corrected chi connectivity index (χ4v) is 3.41. The predicted octanol–water partition coefficient (Wildman–Crippen LogP) is 2.27. The molecule has 20 heavy (non-hydrogen) atoms. The second-order valence-corrected chi connectivity index (χ2v) is 7.18. The number of thiazole rings is 1. The third-order valence-electron chi connectivity index (χ3n) is 2.87. The molecule has 0 saturated carbocycles. The van der Waals surface area contributed by atoms with E-state index in [-0.39, 0.29) is 4.90 Å². The van der Waals surface area contributed by atoms with Crippen molar-refractivity contribution >= 4 is 27.0 Å². The molecule has 1 aromatic heterocycles. The number of anilines is 1. The Balaban J connectivity index is 2.14. The Morgan fingerprint density at radius 1 is 1.40 bits per heavy atom. The van der Waals surface area contributed by atoms with Crippen molar-refractivity contribution in [1.29, 1.82) is 0 Å². The molecule has 0 spiro atoms. The zero-order valence-electron chi connectivity index (χ0n) is 11.4. The number of nitrogens with two attached hydrogens (primary N) is 1. The van der Waals surface area contributed by atoms with Crippen molar-refractivity contribution in [3.05, 3.63) is 39.8 Å². The van der Waals surface area contributed by atoms with Crippen LogP contribution in [-0.2, 0) is 23.0 Å². The van der Waals surface area contributed by atoms with Gasteiger partial charge < -0.3 is 5.32 Å². The highest BCUT2D eigenvalue weighted by Crippen LogP contribution is 2.20. The Kier molecular flexibility index (Phi) is 4.42. The van der Waals surface area contributed by atoms with Gasteiger partial charge in [-0.05, 0) is 31.0 Å². The summed E-state index contributed by atoms with van der Waals surface area (Å²) in [5.74, 6) is 0. The maximum atomic E-state index is 11.5. The normalized spacial score (nSPS) is 11.6. The summed E-state index contributed by atoms with van der Waals surface area (Å²) >= 11 is 1.65. The number of rotatable bonds is 5. The minimum Gasteiger partial charge on any atom is -0.380 e. The fraction of sp³-hybridized carbons (Fsp3) is 0.308. The topological polar surface area (TPSA) is 85.1 Å². The second-order valence-electron chi connectivity index (χ2n) is 4.45. The molecule has 1 heterocycles. The zero-order valence-corrected chi connectivity index (χ0v) is 13.0. The first kappa shape index (κ1) is 15.0. The van der Waals surface area contributed by atoms with E-state index < -0.39 is 10.0 Å². The first-order chi connectivity index (χ1) is 9.40. The monoisotopic (exact) mass is 311 g/mol. The van der Waals surface area contributed by atoms with Gasteiger partial charge in [0.2, 0.25) is 10.0 Å². The quantitative estimate of drug-likeness (QED) is 0.887. The summed E-state index contributed by atoms with van der Waals surface area (Å²) in [5.41, 5.74) is 1.37. The molecule has 1 aromatic carbocycles. The average molecular weight is 311 g/mol. The van der Waals surface area contributed by atoms with E-state index in [2.05, 4.69) is 17.2 Å². The highest BCUT2D eigenvalue weighted by Gasteiger charge is 2.12. The van der Waals surface area contributed by atoms with Crippen LogP contribution in [0.5, 0.6) is 0 Å². The lowest BCUT2D eigenvalue weighted by Gasteiger charge is -2.08. The van der Waals surface area contributed by atoms with E-state index >= 15 is 0 Å². The van der Waals surface area contributed by atoms with Crippen LogP contribution in [0.15, 0.2) is 29.3 Å². The first-order valence-electron chi connectivity index (χ1n) is 6.21. The van der Waals surface area contributed by atoms with E-state index in [0.29, 0.717) is 12.1 Å². The molecule has 5 nitrogen and oxygen atoms in total. The summed E-state index contributed by atoms with van der Waals surface area (Å²) in [5, 5.41) is 9.47. The molecule has 7 heteroatoms. The van der Waals surface area contributed by atoms with Gasteiger partial charge >= 0.3 is 0 Å². The molecule has 0 saturated heterocycles. The lowest BCUT2D eigenvalue weighted by molar-refractivity contribution is 0.597. The lowest BCUT2D eigenvalue weighted by Crippen LogP contribution is -2.14. The fourth-order valence-electron chi connectivity index (χ4n) is 1.80. The summed E-state index contributed by atoms with van der Waals surface area (Å²) in [4.78, 5) is 5.54. The van der Waals surface area contributed by atoms with Crippen molar-refractivity contribution in [2.75, 3.05) is 5.32 Å². The van der Waals surface area contributed by atoms with Gasteiger partial charge in [-0.2, -0.15) is 0 Å². The van der Waals surface area contributed by atoms with Gasteiger partial charge in [-0.15, -0.1) is 11.3 Å². The zero-order chi connectivity index (χ0) is 14.8. The van der Waals surface area contributed by atoms with E-state index in [1.165, 1.54) is 0 Å². The number of aryl methyl sites for hydroxylation is 2. The van der Waals surface area contributed by atoms with Crippen LogP contribution < -0.4 is 10.5 Å². The number of sulfonamides is 1. The molecule has 2 aromatic rings. The number of aromatic nitrogens is 1. The Hall–Kier alpha value is -1.44. The molecule has 0 fully saturated rings. The number of hydrogen-bond donors (Lipinski definition) is 2. The molecular formula is C13H17N3O2S2. The number of primary sulfonamides is 1. The summed E-state index contributed by atoms with van der Waals surface area (Å²) in [6.45, 7) is 4.40. The van der Waals surface area contributed by atoms with Gasteiger partial charge in [0.05, 0.1) is 16.4 Å². The Labute approximate surface area is 122 Å². The van der Waals surface area contributed by atoms with Crippen LogP contribution in [0.25, 0.3) is 0 Å². The minimum absolute atomic E-state index is 0.154. The molecule has 0 radical (unpaired) electrons. The van der Waals surface area contributed by atoms with Crippen molar-refractivity contribution in [3.8, 4) is 0 Å². The van der Waals surface area contributed by atoms with Gasteiger partial charge in [0.1, 0.15) is 0 Å². The first-order valence-corrected chi connectivity index (χ1v) is 8.57. The second kappa shape index (κ2) is 5.90. The highest BCUT2D eigenvalue weighted by molar-refractivity contribution is 7.89. The minimum atomic E-state index is -3.69. The van der Waals surface area contributed by atoms with Crippen molar-refractivity contribution in [2.45, 2.75) is 31.7 Å². The molecule has 0 amide bonds. The summed E-state index contributed by atoms with van der Waals surface area (Å²) in [6, 6.07) is 5.14. The number of benzene rings is 1. The van der Waals surface area contributed by atoms with Gasteiger partial charge in [0.25, 0.3) is 0 Å². The van der Waals surface area contributed by atoms with Crippen molar-refractivity contribution in [1.82, 2.24) is 4.98 Å². The molecular weight excluding hydrogens is 294 g/mol. The average Bonchev–Trinajstić information content (AvgIpc) is 2.84. The van der Waals surface area contributed by atoms with E-state index in [4.69, 9.17) is 5.14 Å². The molecule has 0 aliphatic rings. The predicted molar refractivity (Wildman–Crippen MR) is 81.4 cm³/mol. The van der Waals surface area contributed by atoms with E-state index in [1.54, 1.807) is 30.4 Å². The molecule has 0 aliphatic heterocycles. The van der Waals surface area contributed by atoms with Crippen LogP contribution in [0, 0.1) is 6.92 Å². The van der Waals surface area contributed by atoms with Crippen LogP contribution in [0.1, 0.15) is 22.4 Å². The Bertz CT molecular complexity index is 708. The van der Waals surface area contributed by atoms with Gasteiger partial charge in [-0.25, -0.2) is 18.5 Å². The van der Waals surface area contributed by atoms with Gasteiger partial charge in [0.15, 0.2) is 0 Å². The lowest BCUT2D eigenvalue weighted by atomic mass is 10.2. The molecule has 2 rings (SSSR count).